The molecule has 0 saturated carbocycles. The van der Waals surface area contributed by atoms with Crippen molar-refractivity contribution in [3.05, 3.63) is 71.8 Å². The summed E-state index contributed by atoms with van der Waals surface area (Å²) in [6, 6.07) is 19.6. The van der Waals surface area contributed by atoms with Crippen LogP contribution >= 0.6 is 0 Å². The smallest absolute Gasteiger partial charge is 0.227 e. The van der Waals surface area contributed by atoms with Crippen LogP contribution in [0.4, 0.5) is 0 Å². The van der Waals surface area contributed by atoms with Crippen LogP contribution in [0.2, 0.25) is 0 Å². The third-order valence-corrected chi connectivity index (χ3v) is 5.00. The van der Waals surface area contributed by atoms with Crippen LogP contribution in [0.1, 0.15) is 37.1 Å². The number of benzene rings is 2. The van der Waals surface area contributed by atoms with Gasteiger partial charge in [-0.15, -0.1) is 0 Å². The summed E-state index contributed by atoms with van der Waals surface area (Å²) in [6.45, 7) is 5.05. The second-order valence-corrected chi connectivity index (χ2v) is 6.80. The van der Waals surface area contributed by atoms with Gasteiger partial charge in [0.1, 0.15) is 6.10 Å². The van der Waals surface area contributed by atoms with E-state index in [0.29, 0.717) is 13.2 Å². The fraction of sp³-hybridized carbons (Fsp3) is 0.381. The molecule has 4 unspecified atom stereocenters. The van der Waals surface area contributed by atoms with Crippen LogP contribution in [-0.4, -0.2) is 30.0 Å². The van der Waals surface area contributed by atoms with Crippen LogP contribution < -0.4 is 5.73 Å². The van der Waals surface area contributed by atoms with Gasteiger partial charge in [-0.2, -0.15) is 0 Å². The molecular formula is C21H26N2O2. The predicted octanol–water partition coefficient (Wildman–Crippen LogP) is 3.31. The normalized spacial score (nSPS) is 23.1. The second kappa shape index (κ2) is 7.81. The molecule has 1 aliphatic rings. The van der Waals surface area contributed by atoms with Gasteiger partial charge in [0.25, 0.3) is 0 Å². The van der Waals surface area contributed by atoms with Gasteiger partial charge in [-0.1, -0.05) is 67.6 Å². The molecule has 0 radical (unpaired) electrons. The van der Waals surface area contributed by atoms with Gasteiger partial charge in [-0.05, 0) is 18.1 Å². The first-order valence-corrected chi connectivity index (χ1v) is 8.85. The molecule has 4 nitrogen and oxygen atoms in total. The Kier molecular flexibility index (Phi) is 5.51. The monoisotopic (exact) mass is 338 g/mol. The predicted molar refractivity (Wildman–Crippen MR) is 98.8 cm³/mol. The molecule has 1 fully saturated rings. The SMILES string of the molecule is CC(C(=O)N1CC(c2ccccc2)OCC1C)C(N)c1ccccc1. The molecule has 4 heteroatoms. The van der Waals surface area contributed by atoms with E-state index in [1.54, 1.807) is 0 Å². The largest absolute Gasteiger partial charge is 0.370 e. The van der Waals surface area contributed by atoms with Crippen molar-refractivity contribution in [2.45, 2.75) is 32.0 Å². The molecule has 1 heterocycles. The Labute approximate surface area is 149 Å². The van der Waals surface area contributed by atoms with Crippen LogP contribution in [0.25, 0.3) is 0 Å². The zero-order valence-electron chi connectivity index (χ0n) is 14.8. The fourth-order valence-corrected chi connectivity index (χ4v) is 3.31. The van der Waals surface area contributed by atoms with Gasteiger partial charge >= 0.3 is 0 Å². The molecule has 2 N–H and O–H groups in total. The van der Waals surface area contributed by atoms with E-state index in [-0.39, 0.29) is 30.0 Å². The molecule has 0 spiro atoms. The first kappa shape index (κ1) is 17.6. The molecule has 4 atom stereocenters. The van der Waals surface area contributed by atoms with E-state index in [9.17, 15) is 4.79 Å². The van der Waals surface area contributed by atoms with Gasteiger partial charge < -0.3 is 15.4 Å². The number of hydrogen-bond acceptors (Lipinski definition) is 3. The fourth-order valence-electron chi connectivity index (χ4n) is 3.31. The third kappa shape index (κ3) is 3.91. The lowest BCUT2D eigenvalue weighted by molar-refractivity contribution is -0.149. The van der Waals surface area contributed by atoms with E-state index < -0.39 is 0 Å². The summed E-state index contributed by atoms with van der Waals surface area (Å²) in [4.78, 5) is 15.0. The average molecular weight is 338 g/mol. The van der Waals surface area contributed by atoms with Crippen LogP contribution in [0.15, 0.2) is 60.7 Å². The highest BCUT2D eigenvalue weighted by molar-refractivity contribution is 5.80. The van der Waals surface area contributed by atoms with Crippen molar-refractivity contribution < 1.29 is 9.53 Å². The summed E-state index contributed by atoms with van der Waals surface area (Å²) in [5.41, 5.74) is 8.45. The highest BCUT2D eigenvalue weighted by Crippen LogP contribution is 2.28. The molecule has 25 heavy (non-hydrogen) atoms. The van der Waals surface area contributed by atoms with Crippen LogP contribution in [0.3, 0.4) is 0 Å². The molecule has 132 valence electrons. The number of amides is 1. The Balaban J connectivity index is 1.73. The van der Waals surface area contributed by atoms with E-state index in [4.69, 9.17) is 10.5 Å². The molecular weight excluding hydrogens is 312 g/mol. The number of carbonyl (C=O) groups is 1. The van der Waals surface area contributed by atoms with E-state index in [0.717, 1.165) is 11.1 Å². The lowest BCUT2D eigenvalue weighted by Crippen LogP contribution is -2.51. The topological polar surface area (TPSA) is 55.6 Å². The Bertz CT molecular complexity index is 690. The lowest BCUT2D eigenvalue weighted by atomic mass is 9.93. The molecule has 0 bridgehead atoms. The van der Waals surface area contributed by atoms with Gasteiger partial charge in [0.05, 0.1) is 25.1 Å². The molecule has 3 rings (SSSR count). The maximum Gasteiger partial charge on any atom is 0.227 e. The minimum atomic E-state index is -0.307. The number of nitrogens with zero attached hydrogens (tertiary/aromatic N) is 1. The van der Waals surface area contributed by atoms with Gasteiger partial charge in [-0.3, -0.25) is 4.79 Å². The van der Waals surface area contributed by atoms with Crippen molar-refractivity contribution in [2.24, 2.45) is 11.7 Å². The van der Waals surface area contributed by atoms with E-state index in [1.807, 2.05) is 79.4 Å². The summed E-state index contributed by atoms with van der Waals surface area (Å²) in [6.07, 6.45) is -0.0819. The van der Waals surface area contributed by atoms with Crippen LogP contribution in [0.5, 0.6) is 0 Å². The number of nitrogens with two attached hydrogens (primary N) is 1. The van der Waals surface area contributed by atoms with Crippen molar-refractivity contribution in [3.8, 4) is 0 Å². The Morgan fingerprint density at radius 3 is 2.36 bits per heavy atom. The number of hydrogen-bond donors (Lipinski definition) is 1. The summed E-state index contributed by atoms with van der Waals surface area (Å²) < 4.78 is 5.96. The summed E-state index contributed by atoms with van der Waals surface area (Å²) in [5, 5.41) is 0. The Morgan fingerprint density at radius 2 is 1.72 bits per heavy atom. The maximum absolute atomic E-state index is 13.1. The zero-order valence-corrected chi connectivity index (χ0v) is 14.8. The first-order chi connectivity index (χ1) is 12.1. The zero-order chi connectivity index (χ0) is 17.8. The van der Waals surface area contributed by atoms with E-state index >= 15 is 0 Å². The number of morpholine rings is 1. The minimum Gasteiger partial charge on any atom is -0.370 e. The third-order valence-electron chi connectivity index (χ3n) is 5.00. The Morgan fingerprint density at radius 1 is 1.12 bits per heavy atom. The van der Waals surface area contributed by atoms with E-state index in [2.05, 4.69) is 0 Å². The standard InChI is InChI=1S/C21H26N2O2/c1-15-14-25-19(17-9-5-3-6-10-17)13-23(15)21(24)16(2)20(22)18-11-7-4-8-12-18/h3-12,15-16,19-20H,13-14,22H2,1-2H3. The van der Waals surface area contributed by atoms with Crippen LogP contribution in [0, 0.1) is 5.92 Å². The molecule has 1 amide bonds. The van der Waals surface area contributed by atoms with Gasteiger partial charge in [0, 0.05) is 6.04 Å². The number of ether oxygens (including phenoxy) is 1. The van der Waals surface area contributed by atoms with Gasteiger partial charge in [0.15, 0.2) is 0 Å². The Hall–Kier alpha value is -2.17. The van der Waals surface area contributed by atoms with E-state index in [1.165, 1.54) is 0 Å². The molecule has 1 saturated heterocycles. The lowest BCUT2D eigenvalue weighted by Gasteiger charge is -2.40. The highest BCUT2D eigenvalue weighted by atomic mass is 16.5. The van der Waals surface area contributed by atoms with Crippen molar-refractivity contribution in [3.63, 3.8) is 0 Å². The molecule has 0 aliphatic carbocycles. The first-order valence-electron chi connectivity index (χ1n) is 8.85. The maximum atomic E-state index is 13.1. The average Bonchev–Trinajstić information content (AvgIpc) is 2.68. The highest BCUT2D eigenvalue weighted by Gasteiger charge is 2.34. The van der Waals surface area contributed by atoms with Crippen molar-refractivity contribution >= 4 is 5.91 Å². The second-order valence-electron chi connectivity index (χ2n) is 6.80. The van der Waals surface area contributed by atoms with Gasteiger partial charge in [0.2, 0.25) is 5.91 Å². The van der Waals surface area contributed by atoms with Crippen molar-refractivity contribution in [1.29, 1.82) is 0 Å². The summed E-state index contributed by atoms with van der Waals surface area (Å²) >= 11 is 0. The van der Waals surface area contributed by atoms with Crippen molar-refractivity contribution in [1.82, 2.24) is 4.90 Å². The quantitative estimate of drug-likeness (QED) is 0.930. The minimum absolute atomic E-state index is 0.0536. The summed E-state index contributed by atoms with van der Waals surface area (Å²) in [7, 11) is 0. The molecule has 2 aromatic rings. The number of rotatable bonds is 4. The number of carbonyl (C=O) groups excluding carboxylic acids is 1. The molecule has 0 aromatic heterocycles. The summed E-state index contributed by atoms with van der Waals surface area (Å²) in [5.74, 6) is -0.188. The molecule has 1 aliphatic heterocycles. The van der Waals surface area contributed by atoms with Gasteiger partial charge in [-0.25, -0.2) is 0 Å². The van der Waals surface area contributed by atoms with Crippen molar-refractivity contribution in [2.75, 3.05) is 13.2 Å². The van der Waals surface area contributed by atoms with Crippen LogP contribution in [-0.2, 0) is 9.53 Å². The molecule has 2 aromatic carbocycles.